The second kappa shape index (κ2) is 4.41. The van der Waals surface area contributed by atoms with E-state index in [2.05, 4.69) is 17.3 Å². The Morgan fingerprint density at radius 2 is 2.43 bits per heavy atom. The van der Waals surface area contributed by atoms with Crippen LogP contribution in [0.15, 0.2) is 10.9 Å². The highest BCUT2D eigenvalue weighted by Crippen LogP contribution is 2.35. The lowest BCUT2D eigenvalue weighted by Crippen LogP contribution is -2.26. The summed E-state index contributed by atoms with van der Waals surface area (Å²) >= 11 is 1.64. The highest BCUT2D eigenvalue weighted by atomic mass is 32.1. The molecule has 14 heavy (non-hydrogen) atoms. The Morgan fingerprint density at radius 1 is 1.57 bits per heavy atom. The van der Waals surface area contributed by atoms with Gasteiger partial charge in [0.05, 0.1) is 17.2 Å². The van der Waals surface area contributed by atoms with E-state index < -0.39 is 0 Å². The molecule has 1 aromatic heterocycles. The molecule has 0 bridgehead atoms. The molecule has 3 unspecified atom stereocenters. The molecule has 1 aliphatic rings. The largest absolute Gasteiger partial charge is 0.322 e. The van der Waals surface area contributed by atoms with Crippen LogP contribution in [0.1, 0.15) is 44.3 Å². The summed E-state index contributed by atoms with van der Waals surface area (Å²) in [6.07, 6.45) is 5.27. The Morgan fingerprint density at radius 3 is 3.07 bits per heavy atom. The summed E-state index contributed by atoms with van der Waals surface area (Å²) in [5.74, 6) is 1.50. The van der Waals surface area contributed by atoms with Crippen molar-refractivity contribution in [3.63, 3.8) is 0 Å². The van der Waals surface area contributed by atoms with Gasteiger partial charge in [0.2, 0.25) is 0 Å². The molecule has 2 N–H and O–H groups in total. The molecule has 1 aromatic rings. The molecule has 0 spiro atoms. The summed E-state index contributed by atoms with van der Waals surface area (Å²) in [6, 6.07) is 0.170. The second-order valence-corrected chi connectivity index (χ2v) is 5.19. The molecule has 0 radical (unpaired) electrons. The third kappa shape index (κ3) is 2.15. The highest BCUT2D eigenvalue weighted by molar-refractivity contribution is 7.07. The van der Waals surface area contributed by atoms with E-state index >= 15 is 0 Å². The van der Waals surface area contributed by atoms with Crippen molar-refractivity contribution in [2.45, 2.75) is 38.6 Å². The van der Waals surface area contributed by atoms with E-state index in [4.69, 9.17) is 5.73 Å². The van der Waals surface area contributed by atoms with Crippen LogP contribution < -0.4 is 5.73 Å². The lowest BCUT2D eigenvalue weighted by molar-refractivity contribution is 0.246. The van der Waals surface area contributed by atoms with Gasteiger partial charge in [0.15, 0.2) is 0 Å². The summed E-state index contributed by atoms with van der Waals surface area (Å²) in [5, 5.41) is 2.09. The van der Waals surface area contributed by atoms with Crippen LogP contribution in [0.2, 0.25) is 0 Å². The molecule has 1 fully saturated rings. The molecular weight excluding hydrogens is 192 g/mol. The summed E-state index contributed by atoms with van der Waals surface area (Å²) in [7, 11) is 0. The number of nitrogens with two attached hydrogens (primary N) is 1. The van der Waals surface area contributed by atoms with E-state index in [1.807, 2.05) is 5.51 Å². The number of rotatable bonds is 2. The molecule has 78 valence electrons. The molecule has 0 aliphatic heterocycles. The van der Waals surface area contributed by atoms with Gasteiger partial charge in [-0.2, -0.15) is 0 Å². The zero-order valence-corrected chi connectivity index (χ0v) is 9.46. The molecule has 0 aromatic carbocycles. The number of thiazole rings is 1. The maximum atomic E-state index is 6.22. The van der Waals surface area contributed by atoms with Gasteiger partial charge in [-0.1, -0.05) is 19.8 Å². The minimum absolute atomic E-state index is 0.170. The Balaban J connectivity index is 2.00. The van der Waals surface area contributed by atoms with Crippen molar-refractivity contribution in [3.05, 3.63) is 16.6 Å². The maximum absolute atomic E-state index is 6.22. The van der Waals surface area contributed by atoms with Gasteiger partial charge in [0.1, 0.15) is 0 Å². The second-order valence-electron chi connectivity index (χ2n) is 4.47. The van der Waals surface area contributed by atoms with Gasteiger partial charge in [-0.3, -0.25) is 0 Å². The SMILES string of the molecule is CC1CCCC(C(N)c2cscn2)C1. The number of hydrogen-bond acceptors (Lipinski definition) is 3. The van der Waals surface area contributed by atoms with Crippen molar-refractivity contribution >= 4 is 11.3 Å². The van der Waals surface area contributed by atoms with E-state index in [1.165, 1.54) is 25.7 Å². The number of hydrogen-bond donors (Lipinski definition) is 1. The van der Waals surface area contributed by atoms with Crippen LogP contribution in [0.4, 0.5) is 0 Å². The number of aromatic nitrogens is 1. The minimum atomic E-state index is 0.170. The van der Waals surface area contributed by atoms with Gasteiger partial charge in [0, 0.05) is 5.38 Å². The van der Waals surface area contributed by atoms with E-state index in [1.54, 1.807) is 11.3 Å². The smallest absolute Gasteiger partial charge is 0.0795 e. The third-order valence-electron chi connectivity index (χ3n) is 3.28. The average molecular weight is 210 g/mol. The van der Waals surface area contributed by atoms with Crippen LogP contribution in [-0.4, -0.2) is 4.98 Å². The molecule has 1 heterocycles. The molecule has 1 saturated carbocycles. The van der Waals surface area contributed by atoms with Gasteiger partial charge < -0.3 is 5.73 Å². The van der Waals surface area contributed by atoms with Crippen LogP contribution in [-0.2, 0) is 0 Å². The minimum Gasteiger partial charge on any atom is -0.322 e. The fourth-order valence-corrected chi connectivity index (χ4v) is 3.04. The van der Waals surface area contributed by atoms with Crippen molar-refractivity contribution in [2.75, 3.05) is 0 Å². The quantitative estimate of drug-likeness (QED) is 0.815. The standard InChI is InChI=1S/C11H18N2S/c1-8-3-2-4-9(5-8)11(12)10-6-14-7-13-10/h6-9,11H,2-5,12H2,1H3. The van der Waals surface area contributed by atoms with Crippen LogP contribution in [0, 0.1) is 11.8 Å². The maximum Gasteiger partial charge on any atom is 0.0795 e. The van der Waals surface area contributed by atoms with E-state index in [9.17, 15) is 0 Å². The Kier molecular flexibility index (Phi) is 3.19. The normalized spacial score (nSPS) is 30.1. The van der Waals surface area contributed by atoms with Crippen molar-refractivity contribution in [1.82, 2.24) is 4.98 Å². The Labute approximate surface area is 89.5 Å². The topological polar surface area (TPSA) is 38.9 Å². The first-order chi connectivity index (χ1) is 6.77. The van der Waals surface area contributed by atoms with Crippen molar-refractivity contribution < 1.29 is 0 Å². The van der Waals surface area contributed by atoms with Crippen LogP contribution in [0.5, 0.6) is 0 Å². The molecule has 0 saturated heterocycles. The first-order valence-corrected chi connectivity index (χ1v) is 6.35. The molecule has 1 aliphatic carbocycles. The summed E-state index contributed by atoms with van der Waals surface area (Å²) in [5.41, 5.74) is 9.19. The molecule has 2 nitrogen and oxygen atoms in total. The monoisotopic (exact) mass is 210 g/mol. The van der Waals surface area contributed by atoms with Crippen LogP contribution in [0.3, 0.4) is 0 Å². The predicted molar refractivity (Wildman–Crippen MR) is 60.2 cm³/mol. The summed E-state index contributed by atoms with van der Waals surface area (Å²) in [6.45, 7) is 2.33. The van der Waals surface area contributed by atoms with Gasteiger partial charge in [-0.05, 0) is 24.7 Å². The van der Waals surface area contributed by atoms with Crippen molar-refractivity contribution in [3.8, 4) is 0 Å². The average Bonchev–Trinajstić information content (AvgIpc) is 2.69. The molecule has 0 amide bonds. The first-order valence-electron chi connectivity index (χ1n) is 5.41. The van der Waals surface area contributed by atoms with Crippen molar-refractivity contribution in [1.29, 1.82) is 0 Å². The fraction of sp³-hybridized carbons (Fsp3) is 0.727. The van der Waals surface area contributed by atoms with Gasteiger partial charge in [-0.15, -0.1) is 11.3 Å². The van der Waals surface area contributed by atoms with Gasteiger partial charge in [-0.25, -0.2) is 4.98 Å². The lowest BCUT2D eigenvalue weighted by atomic mass is 9.78. The molecule has 3 heteroatoms. The molecule has 3 atom stereocenters. The first kappa shape index (κ1) is 10.1. The summed E-state index contributed by atoms with van der Waals surface area (Å²) in [4.78, 5) is 4.31. The lowest BCUT2D eigenvalue weighted by Gasteiger charge is -2.30. The fourth-order valence-electron chi connectivity index (χ4n) is 2.44. The van der Waals surface area contributed by atoms with Crippen LogP contribution >= 0.6 is 11.3 Å². The highest BCUT2D eigenvalue weighted by Gasteiger charge is 2.26. The zero-order chi connectivity index (χ0) is 9.97. The Hall–Kier alpha value is -0.410. The van der Waals surface area contributed by atoms with E-state index in [-0.39, 0.29) is 6.04 Å². The van der Waals surface area contributed by atoms with E-state index in [0.717, 1.165) is 11.6 Å². The van der Waals surface area contributed by atoms with Crippen LogP contribution in [0.25, 0.3) is 0 Å². The number of nitrogens with zero attached hydrogens (tertiary/aromatic N) is 1. The van der Waals surface area contributed by atoms with Crippen molar-refractivity contribution in [2.24, 2.45) is 17.6 Å². The predicted octanol–water partition coefficient (Wildman–Crippen LogP) is 2.97. The van der Waals surface area contributed by atoms with Gasteiger partial charge >= 0.3 is 0 Å². The molecule has 2 rings (SSSR count). The third-order valence-corrected chi connectivity index (χ3v) is 3.88. The summed E-state index contributed by atoms with van der Waals surface area (Å²) < 4.78 is 0. The molecular formula is C11H18N2S. The Bertz CT molecular complexity index is 271. The van der Waals surface area contributed by atoms with Gasteiger partial charge in [0.25, 0.3) is 0 Å². The van der Waals surface area contributed by atoms with E-state index in [0.29, 0.717) is 5.92 Å². The zero-order valence-electron chi connectivity index (χ0n) is 8.65.